The maximum Gasteiger partial charge on any atom is 0.152 e. The molecule has 11 heavy (non-hydrogen) atoms. The molecule has 0 spiro atoms. The molecule has 0 saturated carbocycles. The summed E-state index contributed by atoms with van der Waals surface area (Å²) in [5.74, 6) is 0.705. The van der Waals surface area contributed by atoms with E-state index in [1.807, 2.05) is 0 Å². The van der Waals surface area contributed by atoms with Crippen LogP contribution >= 0.6 is 0 Å². The summed E-state index contributed by atoms with van der Waals surface area (Å²) in [7, 11) is 0. The van der Waals surface area contributed by atoms with Gasteiger partial charge in [0.05, 0.1) is 0 Å². The van der Waals surface area contributed by atoms with E-state index >= 15 is 0 Å². The molecule has 0 aromatic carbocycles. The predicted molar refractivity (Wildman–Crippen MR) is 43.8 cm³/mol. The maximum absolute atomic E-state index is 10.6. The number of hydrogen-bond acceptors (Lipinski definition) is 1. The van der Waals surface area contributed by atoms with Crippen molar-refractivity contribution in [1.29, 1.82) is 0 Å². The lowest BCUT2D eigenvalue weighted by atomic mass is 10.0. The molecule has 0 saturated heterocycles. The summed E-state index contributed by atoms with van der Waals surface area (Å²) in [5, 5.41) is 10.6. The Kier molecular flexibility index (Phi) is 6.13. The zero-order chi connectivity index (χ0) is 8.69. The van der Waals surface area contributed by atoms with Gasteiger partial charge in [-0.2, -0.15) is 0 Å². The number of hydrogen-bond donors (Lipinski definition) is 0. The SMILES string of the molecule is CC(C)CCCCC([O])C=O. The first kappa shape index (κ1) is 10.6. The summed E-state index contributed by atoms with van der Waals surface area (Å²) in [5.41, 5.74) is 0. The summed E-state index contributed by atoms with van der Waals surface area (Å²) in [6, 6.07) is 0. The number of aldehydes is 1. The van der Waals surface area contributed by atoms with Gasteiger partial charge in [0, 0.05) is 0 Å². The van der Waals surface area contributed by atoms with E-state index in [4.69, 9.17) is 0 Å². The van der Waals surface area contributed by atoms with Crippen LogP contribution in [-0.4, -0.2) is 12.4 Å². The van der Waals surface area contributed by atoms with Gasteiger partial charge < -0.3 is 4.79 Å². The molecule has 0 aromatic heterocycles. The predicted octanol–water partition coefficient (Wildman–Crippen LogP) is 2.20. The van der Waals surface area contributed by atoms with Crippen LogP contribution < -0.4 is 0 Å². The third kappa shape index (κ3) is 7.53. The second-order valence-electron chi connectivity index (χ2n) is 3.35. The minimum Gasteiger partial charge on any atom is -0.300 e. The molecule has 0 aliphatic carbocycles. The van der Waals surface area contributed by atoms with Gasteiger partial charge in [-0.1, -0.05) is 33.1 Å². The van der Waals surface area contributed by atoms with E-state index in [2.05, 4.69) is 13.8 Å². The molecular formula is C9H17O2. The molecule has 1 radical (unpaired) electrons. The van der Waals surface area contributed by atoms with Gasteiger partial charge in [0.2, 0.25) is 0 Å². The van der Waals surface area contributed by atoms with Crippen molar-refractivity contribution in [1.82, 2.24) is 0 Å². The fourth-order valence-corrected chi connectivity index (χ4v) is 0.966. The van der Waals surface area contributed by atoms with E-state index in [0.717, 1.165) is 19.3 Å². The Morgan fingerprint density at radius 1 is 1.18 bits per heavy atom. The second kappa shape index (κ2) is 6.35. The monoisotopic (exact) mass is 157 g/mol. The Bertz CT molecular complexity index is 99.7. The Morgan fingerprint density at radius 2 is 1.73 bits per heavy atom. The van der Waals surface area contributed by atoms with Crippen LogP contribution in [0.2, 0.25) is 0 Å². The molecule has 0 aliphatic rings. The van der Waals surface area contributed by atoms with Crippen molar-refractivity contribution >= 4 is 6.29 Å². The van der Waals surface area contributed by atoms with Gasteiger partial charge in [-0.3, -0.25) is 0 Å². The Hall–Kier alpha value is -0.370. The number of rotatable bonds is 6. The molecule has 0 fully saturated rings. The largest absolute Gasteiger partial charge is 0.300 e. The molecule has 0 amide bonds. The Balaban J connectivity index is 3.07. The lowest BCUT2D eigenvalue weighted by Crippen LogP contribution is -2.05. The van der Waals surface area contributed by atoms with Gasteiger partial charge in [-0.05, 0) is 12.3 Å². The molecule has 0 bridgehead atoms. The van der Waals surface area contributed by atoms with Crippen molar-refractivity contribution < 1.29 is 9.90 Å². The van der Waals surface area contributed by atoms with Crippen LogP contribution in [0.4, 0.5) is 0 Å². The van der Waals surface area contributed by atoms with Gasteiger partial charge in [-0.15, -0.1) is 0 Å². The van der Waals surface area contributed by atoms with Gasteiger partial charge in [0.15, 0.2) is 6.29 Å². The van der Waals surface area contributed by atoms with E-state index < -0.39 is 6.10 Å². The molecule has 1 unspecified atom stereocenters. The average Bonchev–Trinajstić information content (AvgIpc) is 1.97. The second-order valence-corrected chi connectivity index (χ2v) is 3.35. The number of carbonyl (C=O) groups is 1. The van der Waals surface area contributed by atoms with Crippen LogP contribution in [0.5, 0.6) is 0 Å². The standard InChI is InChI=1S/C9H17O2/c1-8(2)5-3-4-6-9(11)7-10/h7-9H,3-6H2,1-2H3. The summed E-state index contributed by atoms with van der Waals surface area (Å²) in [6.07, 6.45) is 3.15. The van der Waals surface area contributed by atoms with Crippen molar-refractivity contribution in [3.8, 4) is 0 Å². The smallest absolute Gasteiger partial charge is 0.152 e. The molecule has 0 N–H and O–H groups in total. The van der Waals surface area contributed by atoms with Crippen molar-refractivity contribution in [2.75, 3.05) is 0 Å². The normalized spacial score (nSPS) is 13.5. The highest BCUT2D eigenvalue weighted by atomic mass is 16.3. The highest BCUT2D eigenvalue weighted by molar-refractivity contribution is 5.55. The third-order valence-corrected chi connectivity index (χ3v) is 1.67. The van der Waals surface area contributed by atoms with Crippen molar-refractivity contribution in [2.45, 2.75) is 45.6 Å². The molecule has 2 heteroatoms. The Morgan fingerprint density at radius 3 is 2.18 bits per heavy atom. The van der Waals surface area contributed by atoms with Crippen molar-refractivity contribution in [2.24, 2.45) is 5.92 Å². The third-order valence-electron chi connectivity index (χ3n) is 1.67. The zero-order valence-electron chi connectivity index (χ0n) is 7.38. The fourth-order valence-electron chi connectivity index (χ4n) is 0.966. The van der Waals surface area contributed by atoms with E-state index in [9.17, 15) is 9.90 Å². The van der Waals surface area contributed by atoms with Crippen LogP contribution in [0.15, 0.2) is 0 Å². The maximum atomic E-state index is 10.6. The molecular weight excluding hydrogens is 140 g/mol. The van der Waals surface area contributed by atoms with Gasteiger partial charge in [-0.25, -0.2) is 5.11 Å². The minimum atomic E-state index is -0.984. The topological polar surface area (TPSA) is 37.0 Å². The molecule has 2 nitrogen and oxygen atoms in total. The average molecular weight is 157 g/mol. The lowest BCUT2D eigenvalue weighted by molar-refractivity contribution is -0.118. The van der Waals surface area contributed by atoms with Gasteiger partial charge in [0.1, 0.15) is 6.10 Å². The van der Waals surface area contributed by atoms with E-state index in [1.165, 1.54) is 0 Å². The first-order chi connectivity index (χ1) is 5.16. The van der Waals surface area contributed by atoms with Crippen LogP contribution in [-0.2, 0) is 9.90 Å². The van der Waals surface area contributed by atoms with E-state index in [0.29, 0.717) is 18.6 Å². The van der Waals surface area contributed by atoms with Gasteiger partial charge >= 0.3 is 0 Å². The van der Waals surface area contributed by atoms with Crippen LogP contribution in [0.25, 0.3) is 0 Å². The first-order valence-electron chi connectivity index (χ1n) is 4.28. The fraction of sp³-hybridized carbons (Fsp3) is 0.889. The molecule has 0 aromatic rings. The van der Waals surface area contributed by atoms with Gasteiger partial charge in [0.25, 0.3) is 0 Å². The van der Waals surface area contributed by atoms with Crippen LogP contribution in [0, 0.1) is 5.92 Å². The Labute approximate surface area is 68.6 Å². The summed E-state index contributed by atoms with van der Waals surface area (Å²) >= 11 is 0. The lowest BCUT2D eigenvalue weighted by Gasteiger charge is -2.03. The van der Waals surface area contributed by atoms with Crippen molar-refractivity contribution in [3.05, 3.63) is 0 Å². The van der Waals surface area contributed by atoms with Crippen LogP contribution in [0.1, 0.15) is 39.5 Å². The number of carbonyl (C=O) groups excluding carboxylic acids is 1. The highest BCUT2D eigenvalue weighted by Crippen LogP contribution is 2.08. The van der Waals surface area contributed by atoms with E-state index in [-0.39, 0.29) is 0 Å². The number of unbranched alkanes of at least 4 members (excludes halogenated alkanes) is 1. The molecule has 65 valence electrons. The summed E-state index contributed by atoms with van der Waals surface area (Å²) in [6.45, 7) is 4.32. The summed E-state index contributed by atoms with van der Waals surface area (Å²) < 4.78 is 0. The van der Waals surface area contributed by atoms with Crippen molar-refractivity contribution in [3.63, 3.8) is 0 Å². The molecule has 0 aliphatic heterocycles. The quantitative estimate of drug-likeness (QED) is 0.430. The van der Waals surface area contributed by atoms with Crippen LogP contribution in [0.3, 0.4) is 0 Å². The highest BCUT2D eigenvalue weighted by Gasteiger charge is 2.02. The van der Waals surface area contributed by atoms with E-state index in [1.54, 1.807) is 0 Å². The molecule has 0 rings (SSSR count). The molecule has 1 atom stereocenters. The molecule has 0 heterocycles. The summed E-state index contributed by atoms with van der Waals surface area (Å²) in [4.78, 5) is 9.92. The zero-order valence-corrected chi connectivity index (χ0v) is 7.38. The minimum absolute atomic E-state index is 0.495. The first-order valence-corrected chi connectivity index (χ1v) is 4.28.